The summed E-state index contributed by atoms with van der Waals surface area (Å²) < 4.78 is 0. The van der Waals surface area contributed by atoms with E-state index in [9.17, 15) is 4.79 Å². The number of hydrogen-bond donors (Lipinski definition) is 2. The Morgan fingerprint density at radius 3 is 2.75 bits per heavy atom. The topological polar surface area (TPSA) is 80.9 Å². The lowest BCUT2D eigenvalue weighted by Gasteiger charge is -2.03. The quantitative estimate of drug-likeness (QED) is 0.712. The van der Waals surface area contributed by atoms with Gasteiger partial charge in [-0.15, -0.1) is 10.2 Å². The van der Waals surface area contributed by atoms with Crippen molar-refractivity contribution in [3.05, 3.63) is 17.8 Å². The van der Waals surface area contributed by atoms with E-state index in [1.807, 2.05) is 0 Å². The normalized spacial score (nSPS) is 10.1. The minimum Gasteiger partial charge on any atom is -0.382 e. The van der Waals surface area contributed by atoms with Crippen LogP contribution in [-0.4, -0.2) is 22.6 Å². The number of anilines is 1. The molecule has 0 bridgehead atoms. The van der Waals surface area contributed by atoms with Gasteiger partial charge in [0.2, 0.25) is 0 Å². The second kappa shape index (κ2) is 6.76. The van der Waals surface area contributed by atoms with Crippen molar-refractivity contribution in [2.45, 2.75) is 32.6 Å². The van der Waals surface area contributed by atoms with Crippen molar-refractivity contribution < 1.29 is 4.79 Å². The van der Waals surface area contributed by atoms with E-state index in [2.05, 4.69) is 22.4 Å². The zero-order chi connectivity index (χ0) is 11.8. The van der Waals surface area contributed by atoms with Gasteiger partial charge >= 0.3 is 0 Å². The fourth-order valence-electron chi connectivity index (χ4n) is 1.31. The smallest absolute Gasteiger partial charge is 0.271 e. The molecule has 5 nitrogen and oxygen atoms in total. The Kier molecular flexibility index (Phi) is 5.25. The standard InChI is InChI=1S/C11H18N4O/c1-2-3-4-5-8-13-11(16)9-6-7-10(12)15-14-9/h6-7H,2-5,8H2,1H3,(H2,12,15)(H,13,16). The predicted molar refractivity (Wildman–Crippen MR) is 62.9 cm³/mol. The number of carbonyl (C=O) groups is 1. The summed E-state index contributed by atoms with van der Waals surface area (Å²) in [7, 11) is 0. The number of carbonyl (C=O) groups excluding carboxylic acids is 1. The fourth-order valence-corrected chi connectivity index (χ4v) is 1.31. The van der Waals surface area contributed by atoms with E-state index in [1.165, 1.54) is 12.8 Å². The first-order chi connectivity index (χ1) is 7.74. The van der Waals surface area contributed by atoms with Crippen LogP contribution in [0, 0.1) is 0 Å². The largest absolute Gasteiger partial charge is 0.382 e. The zero-order valence-corrected chi connectivity index (χ0v) is 9.57. The molecule has 0 atom stereocenters. The van der Waals surface area contributed by atoms with Gasteiger partial charge in [-0.05, 0) is 18.6 Å². The van der Waals surface area contributed by atoms with Gasteiger partial charge in [-0.2, -0.15) is 0 Å². The van der Waals surface area contributed by atoms with Crippen LogP contribution in [0.4, 0.5) is 5.82 Å². The lowest BCUT2D eigenvalue weighted by atomic mass is 10.2. The van der Waals surface area contributed by atoms with Crippen LogP contribution in [0.1, 0.15) is 43.1 Å². The van der Waals surface area contributed by atoms with Crippen LogP contribution >= 0.6 is 0 Å². The maximum Gasteiger partial charge on any atom is 0.271 e. The number of nitrogens with zero attached hydrogens (tertiary/aromatic N) is 2. The molecular formula is C11H18N4O. The molecule has 0 fully saturated rings. The van der Waals surface area contributed by atoms with Crippen LogP contribution in [0.5, 0.6) is 0 Å². The molecule has 0 saturated heterocycles. The molecule has 1 aromatic heterocycles. The van der Waals surface area contributed by atoms with Crippen LogP contribution < -0.4 is 11.1 Å². The molecule has 0 aliphatic heterocycles. The van der Waals surface area contributed by atoms with E-state index in [0.29, 0.717) is 18.1 Å². The maximum atomic E-state index is 11.5. The van der Waals surface area contributed by atoms with E-state index in [0.717, 1.165) is 12.8 Å². The Morgan fingerprint density at radius 1 is 1.31 bits per heavy atom. The maximum absolute atomic E-state index is 11.5. The molecule has 0 unspecified atom stereocenters. The van der Waals surface area contributed by atoms with Crippen molar-refractivity contribution >= 4 is 11.7 Å². The van der Waals surface area contributed by atoms with Crippen molar-refractivity contribution in [1.29, 1.82) is 0 Å². The molecule has 0 saturated carbocycles. The average Bonchev–Trinajstić information content (AvgIpc) is 2.29. The molecule has 0 aliphatic rings. The van der Waals surface area contributed by atoms with E-state index < -0.39 is 0 Å². The van der Waals surface area contributed by atoms with E-state index >= 15 is 0 Å². The van der Waals surface area contributed by atoms with Crippen molar-refractivity contribution in [3.63, 3.8) is 0 Å². The van der Waals surface area contributed by atoms with Crippen molar-refractivity contribution in [1.82, 2.24) is 15.5 Å². The van der Waals surface area contributed by atoms with E-state index in [4.69, 9.17) is 5.73 Å². The van der Waals surface area contributed by atoms with Crippen molar-refractivity contribution in [2.75, 3.05) is 12.3 Å². The van der Waals surface area contributed by atoms with E-state index in [1.54, 1.807) is 12.1 Å². The highest BCUT2D eigenvalue weighted by atomic mass is 16.1. The third-order valence-electron chi connectivity index (χ3n) is 2.23. The summed E-state index contributed by atoms with van der Waals surface area (Å²) >= 11 is 0. The van der Waals surface area contributed by atoms with Gasteiger partial charge in [-0.3, -0.25) is 4.79 Å². The summed E-state index contributed by atoms with van der Waals surface area (Å²) in [6, 6.07) is 3.14. The first-order valence-corrected chi connectivity index (χ1v) is 5.61. The van der Waals surface area contributed by atoms with Gasteiger partial charge in [0.15, 0.2) is 5.69 Å². The lowest BCUT2D eigenvalue weighted by molar-refractivity contribution is 0.0947. The van der Waals surface area contributed by atoms with Gasteiger partial charge in [0.05, 0.1) is 0 Å². The van der Waals surface area contributed by atoms with Crippen molar-refractivity contribution in [3.8, 4) is 0 Å². The molecule has 88 valence electrons. The minimum atomic E-state index is -0.191. The Labute approximate surface area is 95.4 Å². The van der Waals surface area contributed by atoms with Gasteiger partial charge in [0.25, 0.3) is 5.91 Å². The summed E-state index contributed by atoms with van der Waals surface area (Å²) in [4.78, 5) is 11.5. The van der Waals surface area contributed by atoms with Crippen LogP contribution in [0.2, 0.25) is 0 Å². The second-order valence-corrected chi connectivity index (χ2v) is 3.66. The van der Waals surface area contributed by atoms with Crippen LogP contribution in [0.25, 0.3) is 0 Å². The van der Waals surface area contributed by atoms with Crippen LogP contribution in [-0.2, 0) is 0 Å². The molecule has 16 heavy (non-hydrogen) atoms. The number of nitrogens with one attached hydrogen (secondary N) is 1. The highest BCUT2D eigenvalue weighted by Crippen LogP contribution is 1.99. The molecule has 1 heterocycles. The molecule has 5 heteroatoms. The Morgan fingerprint density at radius 2 is 2.12 bits per heavy atom. The Balaban J connectivity index is 2.27. The third kappa shape index (κ3) is 4.25. The SMILES string of the molecule is CCCCCCNC(=O)c1ccc(N)nn1. The molecular weight excluding hydrogens is 204 g/mol. The average molecular weight is 222 g/mol. The summed E-state index contributed by atoms with van der Waals surface area (Å²) in [5, 5.41) is 10.1. The number of unbranched alkanes of at least 4 members (excludes halogenated alkanes) is 3. The predicted octanol–water partition coefficient (Wildman–Crippen LogP) is 1.37. The molecule has 0 aromatic carbocycles. The number of nitrogen functional groups attached to an aromatic ring is 1. The van der Waals surface area contributed by atoms with Crippen LogP contribution in [0.3, 0.4) is 0 Å². The van der Waals surface area contributed by atoms with Gasteiger partial charge in [-0.1, -0.05) is 26.2 Å². The molecule has 0 aliphatic carbocycles. The van der Waals surface area contributed by atoms with Gasteiger partial charge in [0.1, 0.15) is 5.82 Å². The molecule has 1 amide bonds. The molecule has 0 radical (unpaired) electrons. The number of amides is 1. The second-order valence-electron chi connectivity index (χ2n) is 3.66. The highest BCUT2D eigenvalue weighted by molar-refractivity contribution is 5.92. The number of nitrogens with two attached hydrogens (primary N) is 1. The fraction of sp³-hybridized carbons (Fsp3) is 0.545. The Hall–Kier alpha value is -1.65. The number of hydrogen-bond acceptors (Lipinski definition) is 4. The Bertz CT molecular complexity index is 323. The van der Waals surface area contributed by atoms with Gasteiger partial charge < -0.3 is 11.1 Å². The van der Waals surface area contributed by atoms with Crippen LogP contribution in [0.15, 0.2) is 12.1 Å². The highest BCUT2D eigenvalue weighted by Gasteiger charge is 2.06. The van der Waals surface area contributed by atoms with E-state index in [-0.39, 0.29) is 5.91 Å². The monoisotopic (exact) mass is 222 g/mol. The summed E-state index contributed by atoms with van der Waals surface area (Å²) in [6.07, 6.45) is 4.54. The molecule has 0 spiro atoms. The molecule has 1 rings (SSSR count). The summed E-state index contributed by atoms with van der Waals surface area (Å²) in [6.45, 7) is 2.84. The summed E-state index contributed by atoms with van der Waals surface area (Å²) in [5.41, 5.74) is 5.69. The molecule has 3 N–H and O–H groups in total. The zero-order valence-electron chi connectivity index (χ0n) is 9.57. The first-order valence-electron chi connectivity index (χ1n) is 5.61. The minimum absolute atomic E-state index is 0.191. The van der Waals surface area contributed by atoms with Crippen molar-refractivity contribution in [2.24, 2.45) is 0 Å². The first kappa shape index (κ1) is 12.4. The van der Waals surface area contributed by atoms with Gasteiger partial charge in [-0.25, -0.2) is 0 Å². The lowest BCUT2D eigenvalue weighted by Crippen LogP contribution is -2.25. The number of rotatable bonds is 6. The third-order valence-corrected chi connectivity index (χ3v) is 2.23. The summed E-state index contributed by atoms with van der Waals surface area (Å²) in [5.74, 6) is 0.128. The number of aromatic nitrogens is 2. The molecule has 1 aromatic rings. The van der Waals surface area contributed by atoms with Gasteiger partial charge in [0, 0.05) is 6.54 Å².